The maximum atomic E-state index is 14.1. The molecule has 2 aromatic heterocycles. The number of aliphatic hydroxyl groups is 1. The van der Waals surface area contributed by atoms with E-state index < -0.39 is 17.2 Å². The standard InChI is InChI=1S/C19H16FN3O4/c20-13-6-11(10-1-2-10)5-12(7-13)14-8-16(25)18(15(24)3-4-17(26)27)19-21-9-22-23(14)19/h5-10,24H,1-4H2,(H,26,27)/b18-15-. The molecule has 8 heteroatoms. The molecule has 4 rings (SSSR count). The van der Waals surface area contributed by atoms with Crippen LogP contribution >= 0.6 is 0 Å². The molecule has 0 radical (unpaired) electrons. The second-order valence-electron chi connectivity index (χ2n) is 6.65. The van der Waals surface area contributed by atoms with Crippen molar-refractivity contribution in [2.75, 3.05) is 0 Å². The highest BCUT2D eigenvalue weighted by molar-refractivity contribution is 5.69. The first-order valence-corrected chi connectivity index (χ1v) is 8.55. The molecule has 2 N–H and O–H groups in total. The zero-order valence-electron chi connectivity index (χ0n) is 14.2. The predicted octanol–water partition coefficient (Wildman–Crippen LogP) is 2.02. The molecular formula is C19H16FN3O4. The van der Waals surface area contributed by atoms with Gasteiger partial charge in [-0.2, -0.15) is 5.10 Å². The van der Waals surface area contributed by atoms with Crippen LogP contribution in [-0.4, -0.2) is 30.8 Å². The number of aliphatic carboxylic acids is 1. The Morgan fingerprint density at radius 2 is 1.96 bits per heavy atom. The van der Waals surface area contributed by atoms with Gasteiger partial charge in [0.05, 0.1) is 12.1 Å². The molecule has 27 heavy (non-hydrogen) atoms. The van der Waals surface area contributed by atoms with Gasteiger partial charge in [0.2, 0.25) is 0 Å². The van der Waals surface area contributed by atoms with Gasteiger partial charge in [-0.1, -0.05) is 0 Å². The normalized spacial score (nSPS) is 15.1. The minimum atomic E-state index is -1.09. The Morgan fingerprint density at radius 3 is 2.67 bits per heavy atom. The van der Waals surface area contributed by atoms with E-state index in [9.17, 15) is 19.1 Å². The fraction of sp³-hybridized carbons (Fsp3) is 0.263. The van der Waals surface area contributed by atoms with Gasteiger partial charge in [0.15, 0.2) is 11.1 Å². The number of halogens is 1. The van der Waals surface area contributed by atoms with Crippen LogP contribution in [-0.2, 0) is 4.79 Å². The molecule has 7 nitrogen and oxygen atoms in total. The number of nitrogens with zero attached hydrogens (tertiary/aromatic N) is 3. The van der Waals surface area contributed by atoms with Gasteiger partial charge in [-0.15, -0.1) is 0 Å². The Kier molecular flexibility index (Phi) is 4.10. The Balaban J connectivity index is 1.92. The van der Waals surface area contributed by atoms with Crippen LogP contribution < -0.4 is 10.6 Å². The molecule has 0 spiro atoms. The van der Waals surface area contributed by atoms with Gasteiger partial charge in [0.1, 0.15) is 23.1 Å². The summed E-state index contributed by atoms with van der Waals surface area (Å²) < 4.78 is 15.4. The molecule has 138 valence electrons. The smallest absolute Gasteiger partial charge is 0.303 e. The third-order valence-corrected chi connectivity index (χ3v) is 4.64. The topological polar surface area (TPSA) is 105 Å². The van der Waals surface area contributed by atoms with Gasteiger partial charge in [-0.3, -0.25) is 9.59 Å². The summed E-state index contributed by atoms with van der Waals surface area (Å²) in [6.07, 6.45) is 2.74. The summed E-state index contributed by atoms with van der Waals surface area (Å²) in [5, 5.41) is 23.0. The number of benzene rings is 1. The molecule has 0 saturated heterocycles. The molecule has 2 heterocycles. The van der Waals surface area contributed by atoms with E-state index in [1.807, 2.05) is 6.07 Å². The highest BCUT2D eigenvalue weighted by Crippen LogP contribution is 2.41. The van der Waals surface area contributed by atoms with Crippen molar-refractivity contribution < 1.29 is 19.4 Å². The van der Waals surface area contributed by atoms with E-state index in [1.165, 1.54) is 29.0 Å². The van der Waals surface area contributed by atoms with Crippen molar-refractivity contribution in [3.63, 3.8) is 0 Å². The summed E-state index contributed by atoms with van der Waals surface area (Å²) in [6.45, 7) is 0. The third kappa shape index (κ3) is 3.25. The average Bonchev–Trinajstić information content (AvgIpc) is 3.36. The number of pyridine rings is 1. The van der Waals surface area contributed by atoms with E-state index >= 15 is 0 Å². The molecular weight excluding hydrogens is 353 g/mol. The van der Waals surface area contributed by atoms with Crippen molar-refractivity contribution in [1.82, 2.24) is 14.6 Å². The van der Waals surface area contributed by atoms with Gasteiger partial charge < -0.3 is 10.2 Å². The third-order valence-electron chi connectivity index (χ3n) is 4.64. The molecule has 0 unspecified atom stereocenters. The summed E-state index contributed by atoms with van der Waals surface area (Å²) in [6, 6.07) is 5.93. The molecule has 1 saturated carbocycles. The number of hydrogen-bond donors (Lipinski definition) is 2. The van der Waals surface area contributed by atoms with Gasteiger partial charge in [-0.25, -0.2) is 13.9 Å². The van der Waals surface area contributed by atoms with Crippen molar-refractivity contribution in [1.29, 1.82) is 0 Å². The summed E-state index contributed by atoms with van der Waals surface area (Å²) in [5.41, 5.74) is 1.33. The maximum Gasteiger partial charge on any atom is 0.303 e. The van der Waals surface area contributed by atoms with Gasteiger partial charge in [0.25, 0.3) is 0 Å². The van der Waals surface area contributed by atoms with Crippen molar-refractivity contribution in [3.8, 4) is 11.3 Å². The molecule has 0 aliphatic heterocycles. The number of hydrogen-bond acceptors (Lipinski definition) is 5. The second kappa shape index (κ2) is 6.46. The van der Waals surface area contributed by atoms with Crippen molar-refractivity contribution in [3.05, 3.63) is 57.4 Å². The van der Waals surface area contributed by atoms with Crippen LogP contribution in [0.3, 0.4) is 0 Å². The molecule has 3 aromatic rings. The van der Waals surface area contributed by atoms with E-state index in [1.54, 1.807) is 0 Å². The van der Waals surface area contributed by atoms with Crippen LogP contribution in [0.15, 0.2) is 35.4 Å². The van der Waals surface area contributed by atoms with E-state index in [2.05, 4.69) is 10.1 Å². The quantitative estimate of drug-likeness (QED) is 0.713. The largest absolute Gasteiger partial charge is 0.511 e. The van der Waals surface area contributed by atoms with Gasteiger partial charge in [0, 0.05) is 18.1 Å². The summed E-state index contributed by atoms with van der Waals surface area (Å²) >= 11 is 0. The molecule has 0 amide bonds. The van der Waals surface area contributed by atoms with Crippen molar-refractivity contribution in [2.24, 2.45) is 0 Å². The van der Waals surface area contributed by atoms with E-state index in [0.717, 1.165) is 18.4 Å². The zero-order chi connectivity index (χ0) is 19.1. The monoisotopic (exact) mass is 369 g/mol. The lowest BCUT2D eigenvalue weighted by Crippen LogP contribution is -2.30. The van der Waals surface area contributed by atoms with Crippen LogP contribution in [0.4, 0.5) is 4.39 Å². The second-order valence-corrected chi connectivity index (χ2v) is 6.65. The Labute approximate surface area is 152 Å². The highest BCUT2D eigenvalue weighted by atomic mass is 19.1. The van der Waals surface area contributed by atoms with E-state index in [0.29, 0.717) is 17.2 Å². The molecule has 0 bridgehead atoms. The summed E-state index contributed by atoms with van der Waals surface area (Å²) in [4.78, 5) is 27.4. The Morgan fingerprint density at radius 1 is 1.19 bits per heavy atom. The van der Waals surface area contributed by atoms with Crippen LogP contribution in [0.5, 0.6) is 0 Å². The Hall–Kier alpha value is -3.29. The number of carboxylic acids is 1. The fourth-order valence-electron chi connectivity index (χ4n) is 3.20. The summed E-state index contributed by atoms with van der Waals surface area (Å²) in [5.74, 6) is -1.50. The number of fused-ring (bicyclic) bond motifs is 1. The van der Waals surface area contributed by atoms with Crippen molar-refractivity contribution >= 4 is 17.4 Å². The number of rotatable bonds is 5. The lowest BCUT2D eigenvalue weighted by Gasteiger charge is -2.08. The number of aliphatic hydroxyl groups excluding tert-OH is 1. The minimum absolute atomic E-state index is 0.0867. The number of carboxylic acid groups (broad SMARTS) is 1. The first-order chi connectivity index (χ1) is 12.9. The fourth-order valence-corrected chi connectivity index (χ4v) is 3.20. The molecule has 0 atom stereocenters. The van der Waals surface area contributed by atoms with Crippen LogP contribution in [0.25, 0.3) is 22.7 Å². The molecule has 1 aliphatic rings. The first-order valence-electron chi connectivity index (χ1n) is 8.55. The highest BCUT2D eigenvalue weighted by Gasteiger charge is 2.25. The number of carbonyl (C=O) groups is 1. The van der Waals surface area contributed by atoms with Gasteiger partial charge >= 0.3 is 5.97 Å². The Bertz CT molecular complexity index is 1170. The molecule has 1 aliphatic carbocycles. The van der Waals surface area contributed by atoms with Crippen LogP contribution in [0.2, 0.25) is 0 Å². The van der Waals surface area contributed by atoms with Gasteiger partial charge in [-0.05, 0) is 42.5 Å². The SMILES string of the molecule is O=C(O)CC/C(O)=c1\c(=O)cc(-c2cc(F)cc(C3CC3)c2)n2ncnc12. The van der Waals surface area contributed by atoms with E-state index in [-0.39, 0.29) is 29.5 Å². The van der Waals surface area contributed by atoms with Crippen LogP contribution in [0.1, 0.15) is 37.2 Å². The molecule has 1 aromatic carbocycles. The van der Waals surface area contributed by atoms with E-state index in [4.69, 9.17) is 5.11 Å². The first kappa shape index (κ1) is 17.1. The predicted molar refractivity (Wildman–Crippen MR) is 94.8 cm³/mol. The number of aromatic nitrogens is 3. The van der Waals surface area contributed by atoms with Crippen LogP contribution in [0, 0.1) is 5.82 Å². The van der Waals surface area contributed by atoms with Crippen molar-refractivity contribution in [2.45, 2.75) is 31.6 Å². The maximum absolute atomic E-state index is 14.1. The molecule has 1 fully saturated rings. The lowest BCUT2D eigenvalue weighted by molar-refractivity contribution is -0.136. The minimum Gasteiger partial charge on any atom is -0.511 e. The summed E-state index contributed by atoms with van der Waals surface area (Å²) in [7, 11) is 0. The zero-order valence-corrected chi connectivity index (χ0v) is 14.2. The average molecular weight is 369 g/mol. The lowest BCUT2D eigenvalue weighted by atomic mass is 10.0.